The van der Waals surface area contributed by atoms with Gasteiger partial charge in [0.2, 0.25) is 0 Å². The average Bonchev–Trinajstić information content (AvgIpc) is 1.43. The molecule has 0 aliphatic heterocycles. The van der Waals surface area contributed by atoms with E-state index in [0.29, 0.717) is 0 Å². The Morgan fingerprint density at radius 2 is 1.00 bits per heavy atom. The fourth-order valence-electron chi connectivity index (χ4n) is 0.284. The quantitative estimate of drug-likeness (QED) is 0.271. The van der Waals surface area contributed by atoms with E-state index in [2.05, 4.69) is 8.62 Å². The molecule has 0 aliphatic rings. The molecule has 0 saturated heterocycles. The van der Waals surface area contributed by atoms with Crippen molar-refractivity contribution in [1.82, 2.24) is 0 Å². The van der Waals surface area contributed by atoms with Crippen LogP contribution in [-0.4, -0.2) is 73.3 Å². The first-order valence-corrected chi connectivity index (χ1v) is 6.83. The van der Waals surface area contributed by atoms with Gasteiger partial charge in [-0.05, 0) is 0 Å². The van der Waals surface area contributed by atoms with E-state index in [4.69, 9.17) is 24.5 Å². The first-order chi connectivity index (χ1) is 5.41. The largest absolute Gasteiger partial charge is 2.00 e. The zero-order valence-electron chi connectivity index (χ0n) is 8.83. The minimum absolute atomic E-state index is 0. The van der Waals surface area contributed by atoms with Crippen LogP contribution in [0.25, 0.3) is 0 Å². The van der Waals surface area contributed by atoms with Crippen LogP contribution in [0.4, 0.5) is 0 Å². The molecule has 0 bridgehead atoms. The minimum atomic E-state index is -5.46. The van der Waals surface area contributed by atoms with Crippen LogP contribution in [0.5, 0.6) is 0 Å². The first-order valence-electron chi connectivity index (χ1n) is 2.28. The fourth-order valence-corrected chi connectivity index (χ4v) is 2.82. The second-order valence-electron chi connectivity index (χ2n) is 1.61. The summed E-state index contributed by atoms with van der Waals surface area (Å²) in [6, 6.07) is 0. The van der Waals surface area contributed by atoms with E-state index in [9.17, 15) is 13.7 Å². The zero-order chi connectivity index (χ0) is 10.9. The fraction of sp³-hybridized carbons (Fsp3) is 0. The van der Waals surface area contributed by atoms with Crippen LogP contribution in [0.2, 0.25) is 0 Å². The minimum Gasteiger partial charge on any atom is -1.00 e. The molecule has 0 unspecified atom stereocenters. The summed E-state index contributed by atoms with van der Waals surface area (Å²) in [4.78, 5) is 40.2. The second kappa shape index (κ2) is 7.99. The van der Waals surface area contributed by atoms with Crippen LogP contribution in [-0.2, 0) is 44.0 Å². The Kier molecular flexibility index (Phi) is 12.2. The van der Waals surface area contributed by atoms with Crippen LogP contribution >= 0.6 is 23.5 Å². The van der Waals surface area contributed by atoms with E-state index in [-0.39, 0.29) is 73.5 Å². The summed E-state index contributed by atoms with van der Waals surface area (Å²) in [5, 5.41) is 0. The molecule has 0 rings (SSSR count). The second-order valence-corrected chi connectivity index (χ2v) is 5.82. The van der Waals surface area contributed by atoms with Crippen molar-refractivity contribution in [3.05, 3.63) is 0 Å². The van der Waals surface area contributed by atoms with Crippen LogP contribution in [0.3, 0.4) is 0 Å². The van der Waals surface area contributed by atoms with Gasteiger partial charge < -0.3 is 27.3 Å². The molecule has 10 nitrogen and oxygen atoms in total. The normalized spacial score (nSPS) is 12.6. The van der Waals surface area contributed by atoms with E-state index < -0.39 is 23.5 Å². The standard InChI is InChI=1S/Ba.H5O10P3.Ti.2H/c;1-11(2,3)9-13(7,8)10-12(4,5)6;;;/h;(H,7,8)(H2,1,2,3)(H2,4,5,6);;;/q+2;;;2*-1. The molecule has 0 amide bonds. The van der Waals surface area contributed by atoms with Crippen LogP contribution in [0.15, 0.2) is 0 Å². The van der Waals surface area contributed by atoms with E-state index in [1.54, 1.807) is 0 Å². The van der Waals surface area contributed by atoms with Gasteiger partial charge in [-0.2, -0.15) is 8.62 Å². The van der Waals surface area contributed by atoms with Gasteiger partial charge >= 0.3 is 72.3 Å². The average molecular weight is 445 g/mol. The number of hydrogen-bond acceptors (Lipinski definition) is 5. The summed E-state index contributed by atoms with van der Waals surface area (Å²) < 4.78 is 36.4. The predicted molar refractivity (Wildman–Crippen MR) is 44.1 cm³/mol. The Balaban J connectivity index is -0.000000120. The Morgan fingerprint density at radius 3 is 1.13 bits per heavy atom. The van der Waals surface area contributed by atoms with Gasteiger partial charge in [0.15, 0.2) is 0 Å². The maximum absolute atomic E-state index is 10.4. The summed E-state index contributed by atoms with van der Waals surface area (Å²) in [6.07, 6.45) is 0. The maximum atomic E-state index is 10.4. The number of hydrogen-bond donors (Lipinski definition) is 5. The smallest absolute Gasteiger partial charge is 1.00 e. The summed E-state index contributed by atoms with van der Waals surface area (Å²) in [5.41, 5.74) is 0. The van der Waals surface area contributed by atoms with E-state index in [1.165, 1.54) is 0 Å². The summed E-state index contributed by atoms with van der Waals surface area (Å²) >= 11 is 0. The molecule has 0 atom stereocenters. The van der Waals surface area contributed by atoms with Crippen molar-refractivity contribution in [2.75, 3.05) is 0 Å². The monoisotopic (exact) mass is 446 g/mol. The van der Waals surface area contributed by atoms with E-state index in [0.717, 1.165) is 0 Å². The molecule has 0 aromatic carbocycles. The molecule has 15 heteroatoms. The summed E-state index contributed by atoms with van der Waals surface area (Å²) in [5.74, 6) is 0. The van der Waals surface area contributed by atoms with Crippen LogP contribution in [0.1, 0.15) is 2.85 Å². The molecular weight excluding hydrogens is 438 g/mol. The molecule has 0 aliphatic carbocycles. The Hall–Kier alpha value is 2.70. The SMILES string of the molecule is O=P(O)(O)OP(=O)(O)OP(=O)(O)O.[Ba+2].[H-].[H-].[Ti]. The Morgan fingerprint density at radius 1 is 0.800 bits per heavy atom. The molecule has 0 spiro atoms. The molecule has 0 heterocycles. The summed E-state index contributed by atoms with van der Waals surface area (Å²) in [7, 11) is -16.2. The Bertz CT molecular complexity index is 292. The molecule has 0 fully saturated rings. The molecule has 0 aromatic heterocycles. The van der Waals surface area contributed by atoms with Gasteiger partial charge in [0, 0.05) is 21.7 Å². The van der Waals surface area contributed by atoms with Gasteiger partial charge in [0.05, 0.1) is 0 Å². The van der Waals surface area contributed by atoms with Gasteiger partial charge in [-0.1, -0.05) is 0 Å². The third-order valence-corrected chi connectivity index (χ3v) is 3.77. The van der Waals surface area contributed by atoms with Gasteiger partial charge in [-0.25, -0.2) is 13.7 Å². The molecule has 5 N–H and O–H groups in total. The van der Waals surface area contributed by atoms with Gasteiger partial charge in [-0.3, -0.25) is 0 Å². The Labute approximate surface area is 142 Å². The van der Waals surface area contributed by atoms with Crippen molar-refractivity contribution >= 4 is 72.3 Å². The van der Waals surface area contributed by atoms with Crippen LogP contribution < -0.4 is 0 Å². The maximum Gasteiger partial charge on any atom is 2.00 e. The van der Waals surface area contributed by atoms with Gasteiger partial charge in [-0.15, -0.1) is 0 Å². The van der Waals surface area contributed by atoms with Gasteiger partial charge in [0.25, 0.3) is 0 Å². The van der Waals surface area contributed by atoms with Crippen molar-refractivity contribution in [1.29, 1.82) is 0 Å². The topological polar surface area (TPSA) is 171 Å². The van der Waals surface area contributed by atoms with Crippen molar-refractivity contribution in [2.45, 2.75) is 0 Å². The number of rotatable bonds is 4. The molecular formula is H7BaO10P3Ti. The molecule has 0 aromatic rings. The molecule has 0 radical (unpaired) electrons. The third-order valence-electron chi connectivity index (χ3n) is 0.419. The first kappa shape index (κ1) is 22.8. The third kappa shape index (κ3) is 16.7. The number of phosphoric acid groups is 3. The van der Waals surface area contributed by atoms with Crippen LogP contribution in [0, 0.1) is 0 Å². The predicted octanol–water partition coefficient (Wildman–Crippen LogP) is -0.853. The molecule has 88 valence electrons. The molecule has 0 saturated carbocycles. The van der Waals surface area contributed by atoms with Crippen molar-refractivity contribution in [3.63, 3.8) is 0 Å². The van der Waals surface area contributed by atoms with Gasteiger partial charge in [0.1, 0.15) is 0 Å². The summed E-state index contributed by atoms with van der Waals surface area (Å²) in [6.45, 7) is 0. The van der Waals surface area contributed by atoms with E-state index in [1.807, 2.05) is 0 Å². The van der Waals surface area contributed by atoms with Crippen molar-refractivity contribution < 1.29 is 71.4 Å². The zero-order valence-corrected chi connectivity index (χ0v) is 15.5. The molecule has 15 heavy (non-hydrogen) atoms. The van der Waals surface area contributed by atoms with E-state index >= 15 is 0 Å². The van der Waals surface area contributed by atoms with Crippen molar-refractivity contribution in [2.24, 2.45) is 0 Å². The van der Waals surface area contributed by atoms with Crippen molar-refractivity contribution in [3.8, 4) is 0 Å².